The fourth-order valence-electron chi connectivity index (χ4n) is 4.55. The smallest absolute Gasteiger partial charge is 0.178 e. The first-order valence-electron chi connectivity index (χ1n) is 10.7. The summed E-state index contributed by atoms with van der Waals surface area (Å²) in [6, 6.07) is 12.8. The quantitative estimate of drug-likeness (QED) is 0.656. The van der Waals surface area contributed by atoms with Gasteiger partial charge in [-0.25, -0.2) is 8.42 Å². The van der Waals surface area contributed by atoms with E-state index in [1.165, 1.54) is 0 Å². The number of fused-ring (bicyclic) bond motifs is 1. The van der Waals surface area contributed by atoms with Crippen LogP contribution in [0.2, 0.25) is 0 Å². The molecule has 2 aromatic rings. The predicted octanol–water partition coefficient (Wildman–Crippen LogP) is 3.48. The van der Waals surface area contributed by atoms with E-state index in [-0.39, 0.29) is 16.8 Å². The molecule has 0 spiro atoms. The molecule has 0 aromatic heterocycles. The van der Waals surface area contributed by atoms with Crippen LogP contribution in [0.1, 0.15) is 26.7 Å². The molecule has 2 aliphatic rings. The average Bonchev–Trinajstić information content (AvgIpc) is 3.21. The van der Waals surface area contributed by atoms with Gasteiger partial charge in [0.2, 0.25) is 0 Å². The van der Waals surface area contributed by atoms with Crippen molar-refractivity contribution < 1.29 is 27.7 Å². The van der Waals surface area contributed by atoms with E-state index in [4.69, 9.17) is 14.2 Å². The summed E-state index contributed by atoms with van der Waals surface area (Å²) in [5, 5.41) is 12.9. The summed E-state index contributed by atoms with van der Waals surface area (Å²) in [6.45, 7) is 7.88. The van der Waals surface area contributed by atoms with Gasteiger partial charge in [-0.3, -0.25) is 0 Å². The number of ether oxygens (including phenoxy) is 3. The summed E-state index contributed by atoms with van der Waals surface area (Å²) in [7, 11) is -3.62. The number of aliphatic hydroxyl groups is 1. The monoisotopic (exact) mass is 446 g/mol. The Kier molecular flexibility index (Phi) is 6.25. The Hall–Kier alpha value is -1.77. The van der Waals surface area contributed by atoms with Crippen LogP contribution >= 0.6 is 0 Å². The van der Waals surface area contributed by atoms with Gasteiger partial charge >= 0.3 is 0 Å². The van der Waals surface area contributed by atoms with Crippen molar-refractivity contribution in [3.63, 3.8) is 0 Å². The third-order valence-electron chi connectivity index (χ3n) is 6.10. The van der Waals surface area contributed by atoms with Crippen LogP contribution in [0.15, 0.2) is 60.0 Å². The van der Waals surface area contributed by atoms with Crippen LogP contribution in [0.5, 0.6) is 0 Å². The molecule has 6 nitrogen and oxygen atoms in total. The highest BCUT2D eigenvalue weighted by molar-refractivity contribution is 7.91. The molecule has 2 saturated heterocycles. The average molecular weight is 447 g/mol. The van der Waals surface area contributed by atoms with Gasteiger partial charge in [0.05, 0.1) is 41.7 Å². The maximum absolute atomic E-state index is 13.2. The Labute approximate surface area is 183 Å². The Bertz CT molecular complexity index is 1050. The molecule has 31 heavy (non-hydrogen) atoms. The number of hydrogen-bond acceptors (Lipinski definition) is 6. The molecule has 1 N–H and O–H groups in total. The largest absolute Gasteiger partial charge is 0.390 e. The SMILES string of the molecule is C=CC[C@@H]1O[C@H](C[C@H]2COC(C)(C)O2)[C@H](O)[C@H]1CS(=O)(=O)c1ccc2ccccc2c1. The molecule has 0 radical (unpaired) electrons. The molecular weight excluding hydrogens is 416 g/mol. The lowest BCUT2D eigenvalue weighted by molar-refractivity contribution is -0.143. The van der Waals surface area contributed by atoms with Crippen LogP contribution in [0, 0.1) is 5.92 Å². The molecule has 2 fully saturated rings. The van der Waals surface area contributed by atoms with Gasteiger partial charge in [-0.1, -0.05) is 36.4 Å². The molecule has 0 unspecified atom stereocenters. The maximum atomic E-state index is 13.2. The predicted molar refractivity (Wildman–Crippen MR) is 118 cm³/mol. The summed E-state index contributed by atoms with van der Waals surface area (Å²) in [5.41, 5.74) is 0. The van der Waals surface area contributed by atoms with Gasteiger partial charge in [0.15, 0.2) is 15.6 Å². The summed E-state index contributed by atoms with van der Waals surface area (Å²) in [4.78, 5) is 0.258. The molecule has 2 heterocycles. The van der Waals surface area contributed by atoms with Gasteiger partial charge in [0, 0.05) is 12.3 Å². The molecule has 5 atom stereocenters. The number of sulfone groups is 1. The fourth-order valence-corrected chi connectivity index (χ4v) is 6.24. The minimum Gasteiger partial charge on any atom is -0.390 e. The second-order valence-electron chi connectivity index (χ2n) is 8.87. The molecule has 0 bridgehead atoms. The second-order valence-corrected chi connectivity index (χ2v) is 10.9. The van der Waals surface area contributed by atoms with Crippen molar-refractivity contribution in [2.45, 2.75) is 61.8 Å². The Morgan fingerprint density at radius 1 is 1.16 bits per heavy atom. The van der Waals surface area contributed by atoms with Gasteiger partial charge in [-0.05, 0) is 43.2 Å². The van der Waals surface area contributed by atoms with Crippen molar-refractivity contribution in [1.82, 2.24) is 0 Å². The summed E-state index contributed by atoms with van der Waals surface area (Å²) < 4.78 is 44.0. The standard InChI is InChI=1S/C24H30O6S/c1-4-7-21-20(23(25)22(29-21)13-18-14-28-24(2,3)30-18)15-31(26,27)19-11-10-16-8-5-6-9-17(16)12-19/h4-6,8-12,18,20-23,25H,1,7,13-15H2,2-3H3/t18-,20-,21-,22+,23+/m0/s1. The summed E-state index contributed by atoms with van der Waals surface area (Å²) in [6.07, 6.45) is 0.590. The van der Waals surface area contributed by atoms with E-state index in [0.717, 1.165) is 10.8 Å². The summed E-state index contributed by atoms with van der Waals surface area (Å²) in [5.74, 6) is -1.39. The Morgan fingerprint density at radius 2 is 1.90 bits per heavy atom. The first kappa shape index (κ1) is 22.4. The molecule has 0 aliphatic carbocycles. The van der Waals surface area contributed by atoms with E-state index in [0.29, 0.717) is 19.4 Å². The van der Waals surface area contributed by atoms with Crippen molar-refractivity contribution in [2.75, 3.05) is 12.4 Å². The van der Waals surface area contributed by atoms with Gasteiger partial charge in [0.25, 0.3) is 0 Å². The van der Waals surface area contributed by atoms with Crippen LogP contribution in [-0.4, -0.2) is 56.1 Å². The highest BCUT2D eigenvalue weighted by Crippen LogP contribution is 2.36. The minimum atomic E-state index is -3.62. The molecule has 7 heteroatoms. The van der Waals surface area contributed by atoms with Crippen molar-refractivity contribution in [2.24, 2.45) is 5.92 Å². The Morgan fingerprint density at radius 3 is 2.58 bits per heavy atom. The second kappa shape index (κ2) is 8.64. The number of aliphatic hydroxyl groups excluding tert-OH is 1. The van der Waals surface area contributed by atoms with Crippen LogP contribution in [0.4, 0.5) is 0 Å². The molecule has 168 valence electrons. The first-order valence-corrected chi connectivity index (χ1v) is 12.3. The zero-order valence-electron chi connectivity index (χ0n) is 17.9. The van der Waals surface area contributed by atoms with Crippen molar-refractivity contribution in [3.05, 3.63) is 55.1 Å². The van der Waals surface area contributed by atoms with Crippen molar-refractivity contribution in [3.8, 4) is 0 Å². The van der Waals surface area contributed by atoms with Crippen LogP contribution in [0.25, 0.3) is 10.8 Å². The van der Waals surface area contributed by atoms with Crippen LogP contribution < -0.4 is 0 Å². The number of benzene rings is 2. The highest BCUT2D eigenvalue weighted by atomic mass is 32.2. The number of hydrogen-bond donors (Lipinski definition) is 1. The number of rotatable bonds is 7. The molecular formula is C24H30O6S. The van der Waals surface area contributed by atoms with E-state index in [1.54, 1.807) is 18.2 Å². The minimum absolute atomic E-state index is 0.185. The van der Waals surface area contributed by atoms with E-state index in [1.807, 2.05) is 44.2 Å². The molecule has 2 aliphatic heterocycles. The zero-order valence-corrected chi connectivity index (χ0v) is 18.8. The van der Waals surface area contributed by atoms with Crippen molar-refractivity contribution >= 4 is 20.6 Å². The lowest BCUT2D eigenvalue weighted by Crippen LogP contribution is -2.35. The van der Waals surface area contributed by atoms with Crippen molar-refractivity contribution in [1.29, 1.82) is 0 Å². The third-order valence-corrected chi connectivity index (χ3v) is 7.90. The molecule has 0 amide bonds. The van der Waals surface area contributed by atoms with Crippen LogP contribution in [-0.2, 0) is 24.0 Å². The lowest BCUT2D eigenvalue weighted by Gasteiger charge is -2.21. The molecule has 4 rings (SSSR count). The first-order chi connectivity index (χ1) is 14.7. The van der Waals surface area contributed by atoms with Gasteiger partial charge in [0.1, 0.15) is 0 Å². The maximum Gasteiger partial charge on any atom is 0.178 e. The Balaban J connectivity index is 1.52. The van der Waals surface area contributed by atoms with Crippen LogP contribution in [0.3, 0.4) is 0 Å². The zero-order chi connectivity index (χ0) is 22.2. The summed E-state index contributed by atoms with van der Waals surface area (Å²) >= 11 is 0. The van der Waals surface area contributed by atoms with Gasteiger partial charge < -0.3 is 19.3 Å². The van der Waals surface area contributed by atoms with E-state index in [2.05, 4.69) is 6.58 Å². The van der Waals surface area contributed by atoms with E-state index < -0.39 is 39.9 Å². The topological polar surface area (TPSA) is 82.1 Å². The van der Waals surface area contributed by atoms with Gasteiger partial charge in [-0.2, -0.15) is 0 Å². The van der Waals surface area contributed by atoms with E-state index >= 15 is 0 Å². The van der Waals surface area contributed by atoms with E-state index in [9.17, 15) is 13.5 Å². The lowest BCUT2D eigenvalue weighted by atomic mass is 9.94. The normalized spacial score (nSPS) is 30.6. The molecule has 0 saturated carbocycles. The third kappa shape index (κ3) is 4.86. The van der Waals surface area contributed by atoms with Gasteiger partial charge in [-0.15, -0.1) is 6.58 Å². The highest BCUT2D eigenvalue weighted by Gasteiger charge is 2.47. The molecule has 2 aromatic carbocycles. The fraction of sp³-hybridized carbons (Fsp3) is 0.500.